The number of carbonyl (C=O) groups is 2. The Morgan fingerprint density at radius 1 is 0.950 bits per heavy atom. The molecule has 1 saturated heterocycles. The van der Waals surface area contributed by atoms with Crippen LogP contribution >= 0.6 is 0 Å². The second kappa shape index (κ2) is 12.3. The first kappa shape index (κ1) is 26.6. The third-order valence-corrected chi connectivity index (χ3v) is 8.68. The van der Waals surface area contributed by atoms with E-state index in [-0.39, 0.29) is 36.2 Å². The summed E-state index contributed by atoms with van der Waals surface area (Å²) >= 11 is 0. The van der Waals surface area contributed by atoms with Crippen LogP contribution in [-0.2, 0) is 11.2 Å². The van der Waals surface area contributed by atoms with Gasteiger partial charge in [0.25, 0.3) is 5.91 Å². The third kappa shape index (κ3) is 5.77. The van der Waals surface area contributed by atoms with Gasteiger partial charge in [0, 0.05) is 37.3 Å². The van der Waals surface area contributed by atoms with E-state index in [0.29, 0.717) is 12.2 Å². The van der Waals surface area contributed by atoms with E-state index in [0.717, 1.165) is 75.7 Å². The molecule has 0 radical (unpaired) electrons. The monoisotopic (exact) mass is 541 g/mol. The van der Waals surface area contributed by atoms with Crippen molar-refractivity contribution in [3.05, 3.63) is 78.2 Å². The van der Waals surface area contributed by atoms with Crippen LogP contribution < -0.4 is 10.6 Å². The number of nitrogens with zero attached hydrogens (tertiary/aromatic N) is 3. The topological polar surface area (TPSA) is 88.5 Å². The Balaban J connectivity index is 1.30. The lowest BCUT2D eigenvalue weighted by Gasteiger charge is -2.36. The number of aromatic nitrogens is 2. The van der Waals surface area contributed by atoms with Gasteiger partial charge in [0.05, 0.1) is 18.1 Å². The van der Waals surface area contributed by atoms with E-state index >= 15 is 0 Å². The first-order valence-electron chi connectivity index (χ1n) is 14.8. The lowest BCUT2D eigenvalue weighted by atomic mass is 9.91. The van der Waals surface area contributed by atoms with Crippen LogP contribution in [0.4, 0.5) is 4.79 Å². The molecule has 2 aromatic carbocycles. The van der Waals surface area contributed by atoms with Gasteiger partial charge in [-0.25, -0.2) is 9.78 Å². The van der Waals surface area contributed by atoms with E-state index in [1.54, 1.807) is 6.33 Å². The predicted octanol–water partition coefficient (Wildman–Crippen LogP) is 4.97. The molecule has 6 rings (SSSR count). The molecule has 8 heteroatoms. The van der Waals surface area contributed by atoms with Crippen molar-refractivity contribution in [3.63, 3.8) is 0 Å². The van der Waals surface area contributed by atoms with Crippen molar-refractivity contribution in [3.8, 4) is 11.3 Å². The molecule has 40 heavy (non-hydrogen) atoms. The second-order valence-corrected chi connectivity index (χ2v) is 11.3. The van der Waals surface area contributed by atoms with Crippen LogP contribution in [0.2, 0.25) is 0 Å². The maximum atomic E-state index is 14.2. The standard InChI is InChI=1S/C32H39N5O3/c38-31(36-19-18-33-21-26(36)20-23-10-3-1-4-11-23)29-30(24-12-5-2-6-13-24)37(22-34-29)27-16-7-8-17-28(27)40-32(39)35-25-14-9-15-25/h1-6,10-13,22,25-28,33H,7-9,14-21H2,(H,35,39)/t26-,27?,28?/m0/s1. The van der Waals surface area contributed by atoms with Crippen molar-refractivity contribution in [2.45, 2.75) is 75.6 Å². The molecule has 1 aliphatic heterocycles. The quantitative estimate of drug-likeness (QED) is 0.441. The number of amides is 2. The van der Waals surface area contributed by atoms with Crippen molar-refractivity contribution in [1.29, 1.82) is 0 Å². The average Bonchev–Trinajstić information content (AvgIpc) is 3.41. The first-order valence-corrected chi connectivity index (χ1v) is 14.8. The Morgan fingerprint density at radius 3 is 2.45 bits per heavy atom. The molecule has 1 aromatic heterocycles. The number of piperazine rings is 1. The number of imidazole rings is 1. The van der Waals surface area contributed by atoms with Gasteiger partial charge >= 0.3 is 6.09 Å². The van der Waals surface area contributed by atoms with E-state index in [4.69, 9.17) is 9.72 Å². The van der Waals surface area contributed by atoms with Gasteiger partial charge in [0.1, 0.15) is 6.10 Å². The van der Waals surface area contributed by atoms with Crippen LogP contribution in [-0.4, -0.2) is 64.3 Å². The first-order chi connectivity index (χ1) is 19.7. The second-order valence-electron chi connectivity index (χ2n) is 11.3. The normalized spacial score (nSPS) is 23.3. The summed E-state index contributed by atoms with van der Waals surface area (Å²) in [6.07, 6.45) is 8.91. The Labute approximate surface area is 236 Å². The van der Waals surface area contributed by atoms with Gasteiger partial charge < -0.3 is 24.8 Å². The molecule has 3 aliphatic rings. The summed E-state index contributed by atoms with van der Waals surface area (Å²) in [6.45, 7) is 2.14. The highest BCUT2D eigenvalue weighted by atomic mass is 16.6. The minimum absolute atomic E-state index is 0.0402. The largest absolute Gasteiger partial charge is 0.444 e. The Bertz CT molecular complexity index is 1290. The summed E-state index contributed by atoms with van der Waals surface area (Å²) in [4.78, 5) is 33.7. The molecular formula is C32H39N5O3. The lowest BCUT2D eigenvalue weighted by molar-refractivity contribution is 0.0382. The van der Waals surface area contributed by atoms with Crippen molar-refractivity contribution in [2.75, 3.05) is 19.6 Å². The van der Waals surface area contributed by atoms with Crippen LogP contribution in [0.5, 0.6) is 0 Å². The number of hydrogen-bond acceptors (Lipinski definition) is 5. The van der Waals surface area contributed by atoms with Gasteiger partial charge in [-0.1, -0.05) is 67.1 Å². The fraction of sp³-hybridized carbons (Fsp3) is 0.469. The van der Waals surface area contributed by atoms with Gasteiger partial charge in [-0.2, -0.15) is 0 Å². The zero-order valence-electron chi connectivity index (χ0n) is 23.0. The lowest BCUT2D eigenvalue weighted by Crippen LogP contribution is -2.54. The van der Waals surface area contributed by atoms with E-state index in [2.05, 4.69) is 27.3 Å². The number of ether oxygens (including phenoxy) is 1. The van der Waals surface area contributed by atoms with Gasteiger partial charge in [-0.05, 0) is 50.5 Å². The number of nitrogens with one attached hydrogen (secondary N) is 2. The fourth-order valence-corrected chi connectivity index (χ4v) is 6.31. The number of benzene rings is 2. The summed E-state index contributed by atoms with van der Waals surface area (Å²) in [5.41, 5.74) is 3.43. The van der Waals surface area contributed by atoms with E-state index in [1.165, 1.54) is 5.56 Å². The third-order valence-electron chi connectivity index (χ3n) is 8.68. The van der Waals surface area contributed by atoms with Crippen molar-refractivity contribution >= 4 is 12.0 Å². The minimum Gasteiger partial charge on any atom is -0.444 e. The van der Waals surface area contributed by atoms with Crippen molar-refractivity contribution in [2.24, 2.45) is 0 Å². The smallest absolute Gasteiger partial charge is 0.407 e. The maximum absolute atomic E-state index is 14.2. The van der Waals surface area contributed by atoms with Gasteiger partial charge in [-0.15, -0.1) is 0 Å². The molecule has 0 spiro atoms. The van der Waals surface area contributed by atoms with E-state index in [1.807, 2.05) is 53.4 Å². The van der Waals surface area contributed by atoms with Gasteiger partial charge in [0.15, 0.2) is 5.69 Å². The summed E-state index contributed by atoms with van der Waals surface area (Å²) in [6, 6.07) is 20.6. The molecule has 2 N–H and O–H groups in total. The van der Waals surface area contributed by atoms with E-state index < -0.39 is 0 Å². The molecule has 2 heterocycles. The molecule has 8 nitrogen and oxygen atoms in total. The Kier molecular flexibility index (Phi) is 8.14. The molecular weight excluding hydrogens is 502 g/mol. The molecule has 210 valence electrons. The van der Waals surface area contributed by atoms with Crippen molar-refractivity contribution in [1.82, 2.24) is 25.1 Å². The Morgan fingerprint density at radius 2 is 1.70 bits per heavy atom. The van der Waals surface area contributed by atoms with Crippen LogP contribution in [0.3, 0.4) is 0 Å². The molecule has 3 atom stereocenters. The Hall–Kier alpha value is -3.65. The number of rotatable bonds is 7. The SMILES string of the molecule is O=C(NC1CCC1)OC1CCCCC1n1cnc(C(=O)N2CCNC[C@@H]2Cc2ccccc2)c1-c1ccccc1. The number of hydrogen-bond donors (Lipinski definition) is 2. The molecule has 2 amide bonds. The summed E-state index contributed by atoms with van der Waals surface area (Å²) in [5, 5.41) is 6.49. The predicted molar refractivity (Wildman–Crippen MR) is 154 cm³/mol. The summed E-state index contributed by atoms with van der Waals surface area (Å²) in [5.74, 6) is -0.0453. The molecule has 2 unspecified atom stereocenters. The zero-order valence-corrected chi connectivity index (χ0v) is 23.0. The number of alkyl carbamates (subject to hydrolysis) is 1. The van der Waals surface area contributed by atoms with Crippen LogP contribution in [0.1, 0.15) is 67.0 Å². The van der Waals surface area contributed by atoms with Gasteiger partial charge in [-0.3, -0.25) is 4.79 Å². The zero-order chi connectivity index (χ0) is 27.3. The van der Waals surface area contributed by atoms with Gasteiger partial charge in [0.2, 0.25) is 0 Å². The highest BCUT2D eigenvalue weighted by Gasteiger charge is 2.36. The molecule has 3 fully saturated rings. The van der Waals surface area contributed by atoms with E-state index in [9.17, 15) is 9.59 Å². The average molecular weight is 542 g/mol. The molecule has 0 bridgehead atoms. The van der Waals surface area contributed by atoms with Crippen molar-refractivity contribution < 1.29 is 14.3 Å². The highest BCUT2D eigenvalue weighted by molar-refractivity contribution is 5.98. The fourth-order valence-electron chi connectivity index (χ4n) is 6.31. The highest BCUT2D eigenvalue weighted by Crippen LogP contribution is 2.36. The number of carbonyl (C=O) groups excluding carboxylic acids is 2. The van der Waals surface area contributed by atoms with Crippen LogP contribution in [0.25, 0.3) is 11.3 Å². The summed E-state index contributed by atoms with van der Waals surface area (Å²) in [7, 11) is 0. The van der Waals surface area contributed by atoms with Crippen LogP contribution in [0.15, 0.2) is 67.0 Å². The minimum atomic E-state index is -0.330. The summed E-state index contributed by atoms with van der Waals surface area (Å²) < 4.78 is 8.13. The maximum Gasteiger partial charge on any atom is 0.407 e. The molecule has 2 aliphatic carbocycles. The van der Waals surface area contributed by atoms with Crippen LogP contribution in [0, 0.1) is 0 Å². The molecule has 2 saturated carbocycles. The molecule has 3 aromatic rings.